The lowest BCUT2D eigenvalue weighted by Gasteiger charge is -2.29. The van der Waals surface area contributed by atoms with Crippen LogP contribution < -0.4 is 10.1 Å². The van der Waals surface area contributed by atoms with Gasteiger partial charge in [-0.25, -0.2) is 0 Å². The van der Waals surface area contributed by atoms with Crippen LogP contribution in [0.3, 0.4) is 0 Å². The first-order valence-electron chi connectivity index (χ1n) is 10.8. The molecular weight excluding hydrogens is 408 g/mol. The van der Waals surface area contributed by atoms with Crippen LogP contribution in [0.2, 0.25) is 0 Å². The number of thiophene rings is 1. The van der Waals surface area contributed by atoms with E-state index >= 15 is 0 Å². The van der Waals surface area contributed by atoms with Crippen LogP contribution in [0, 0.1) is 0 Å². The van der Waals surface area contributed by atoms with Crippen LogP contribution in [-0.4, -0.2) is 36.4 Å². The van der Waals surface area contributed by atoms with Crippen molar-refractivity contribution in [3.05, 3.63) is 59.0 Å². The van der Waals surface area contributed by atoms with Crippen LogP contribution in [0.15, 0.2) is 48.5 Å². The van der Waals surface area contributed by atoms with Gasteiger partial charge in [-0.05, 0) is 60.5 Å². The molecule has 1 N–H and O–H groups in total. The smallest absolute Gasteiger partial charge is 0.266 e. The van der Waals surface area contributed by atoms with E-state index in [4.69, 9.17) is 4.74 Å². The van der Waals surface area contributed by atoms with Gasteiger partial charge in [0.1, 0.15) is 5.75 Å². The summed E-state index contributed by atoms with van der Waals surface area (Å²) in [5.74, 6) is 0.762. The lowest BCUT2D eigenvalue weighted by Crippen LogP contribution is -2.40. The summed E-state index contributed by atoms with van der Waals surface area (Å²) in [4.78, 5) is 28.3. The zero-order valence-electron chi connectivity index (χ0n) is 18.0. The number of methoxy groups -OCH3 is 1. The number of hydrogen-bond acceptors (Lipinski definition) is 4. The molecule has 0 saturated carbocycles. The van der Waals surface area contributed by atoms with Gasteiger partial charge in [0.15, 0.2) is 0 Å². The topological polar surface area (TPSA) is 58.6 Å². The molecule has 1 aliphatic heterocycles. The number of carbonyl (C=O) groups excluding carboxylic acids is 2. The van der Waals surface area contributed by atoms with E-state index in [0.29, 0.717) is 6.42 Å². The average molecular weight is 437 g/mol. The maximum atomic E-state index is 13.3. The first-order chi connectivity index (χ1) is 15.1. The Bertz CT molecular complexity index is 1070. The van der Waals surface area contributed by atoms with E-state index in [9.17, 15) is 9.59 Å². The van der Waals surface area contributed by atoms with Gasteiger partial charge >= 0.3 is 0 Å². The summed E-state index contributed by atoms with van der Waals surface area (Å²) in [7, 11) is 1.62. The maximum absolute atomic E-state index is 13.3. The van der Waals surface area contributed by atoms with Crippen molar-refractivity contribution in [2.75, 3.05) is 19.0 Å². The van der Waals surface area contributed by atoms with Crippen molar-refractivity contribution in [2.45, 2.75) is 45.1 Å². The average Bonchev–Trinajstić information content (AvgIpc) is 2.97. The Morgan fingerprint density at radius 1 is 1.10 bits per heavy atom. The first-order valence-corrected chi connectivity index (χ1v) is 11.6. The van der Waals surface area contributed by atoms with Crippen LogP contribution in [-0.2, 0) is 11.2 Å². The van der Waals surface area contributed by atoms with Gasteiger partial charge in [-0.2, -0.15) is 0 Å². The van der Waals surface area contributed by atoms with Crippen molar-refractivity contribution in [3.8, 4) is 5.75 Å². The third-order valence-electron chi connectivity index (χ3n) is 5.97. The van der Waals surface area contributed by atoms with E-state index in [0.717, 1.165) is 64.2 Å². The van der Waals surface area contributed by atoms with Crippen LogP contribution in [0.25, 0.3) is 10.1 Å². The lowest BCUT2D eigenvalue weighted by molar-refractivity contribution is -0.131. The quantitative estimate of drug-likeness (QED) is 0.575. The Hall–Kier alpha value is -2.86. The second-order valence-electron chi connectivity index (χ2n) is 8.01. The summed E-state index contributed by atoms with van der Waals surface area (Å²) in [5, 5.41) is 4.14. The molecule has 3 aromatic rings. The molecule has 2 heterocycles. The highest BCUT2D eigenvalue weighted by Gasteiger charge is 2.27. The highest BCUT2D eigenvalue weighted by Crippen LogP contribution is 2.34. The van der Waals surface area contributed by atoms with Gasteiger partial charge in [0.2, 0.25) is 5.91 Å². The molecule has 2 amide bonds. The fourth-order valence-corrected chi connectivity index (χ4v) is 5.51. The molecule has 1 saturated heterocycles. The van der Waals surface area contributed by atoms with E-state index in [1.54, 1.807) is 14.0 Å². The van der Waals surface area contributed by atoms with Crippen LogP contribution in [0.5, 0.6) is 5.75 Å². The summed E-state index contributed by atoms with van der Waals surface area (Å²) >= 11 is 1.52. The van der Waals surface area contributed by atoms with Gasteiger partial charge < -0.3 is 15.0 Å². The molecule has 0 radical (unpaired) electrons. The second kappa shape index (κ2) is 9.52. The Morgan fingerprint density at radius 2 is 1.87 bits per heavy atom. The lowest BCUT2D eigenvalue weighted by atomic mass is 9.98. The van der Waals surface area contributed by atoms with Gasteiger partial charge in [0, 0.05) is 29.9 Å². The fourth-order valence-electron chi connectivity index (χ4n) is 4.39. The summed E-state index contributed by atoms with van der Waals surface area (Å²) in [5.41, 5.74) is 1.78. The van der Waals surface area contributed by atoms with Crippen LogP contribution in [0.4, 0.5) is 5.69 Å². The molecule has 0 bridgehead atoms. The molecule has 4 rings (SSSR count). The first kappa shape index (κ1) is 21.4. The highest BCUT2D eigenvalue weighted by molar-refractivity contribution is 7.21. The molecule has 1 fully saturated rings. The molecule has 1 aliphatic rings. The van der Waals surface area contributed by atoms with Gasteiger partial charge in [0.25, 0.3) is 5.91 Å². The molecule has 31 heavy (non-hydrogen) atoms. The number of carbonyl (C=O) groups is 2. The minimum Gasteiger partial charge on any atom is -0.497 e. The van der Waals surface area contributed by atoms with E-state index in [-0.39, 0.29) is 17.9 Å². The molecule has 2 aromatic carbocycles. The number of nitrogens with one attached hydrogen (secondary N) is 1. The second-order valence-corrected chi connectivity index (χ2v) is 9.06. The Morgan fingerprint density at radius 3 is 2.61 bits per heavy atom. The highest BCUT2D eigenvalue weighted by atomic mass is 32.1. The summed E-state index contributed by atoms with van der Waals surface area (Å²) in [6.45, 7) is 2.46. The number of rotatable bonds is 5. The number of nitrogens with zero attached hydrogens (tertiary/aromatic N) is 1. The molecule has 1 unspecified atom stereocenters. The largest absolute Gasteiger partial charge is 0.497 e. The van der Waals surface area contributed by atoms with Crippen LogP contribution in [0.1, 0.15) is 47.8 Å². The summed E-state index contributed by atoms with van der Waals surface area (Å²) in [6, 6.07) is 15.6. The molecule has 0 aliphatic carbocycles. The summed E-state index contributed by atoms with van der Waals surface area (Å²) < 4.78 is 6.30. The minimum atomic E-state index is -0.107. The molecule has 162 valence electrons. The molecule has 1 atom stereocenters. The maximum Gasteiger partial charge on any atom is 0.266 e. The third kappa shape index (κ3) is 4.74. The molecule has 5 nitrogen and oxygen atoms in total. The SMILES string of the molecule is COc1ccc(NC(=O)c2sc3ccccc3c2CC2CCCCCN2C(C)=O)cc1. The zero-order chi connectivity index (χ0) is 21.8. The van der Waals surface area contributed by atoms with Gasteiger partial charge in [0.05, 0.1) is 12.0 Å². The van der Waals surface area contributed by atoms with Crippen molar-refractivity contribution in [1.82, 2.24) is 4.90 Å². The van der Waals surface area contributed by atoms with E-state index in [1.807, 2.05) is 41.3 Å². The predicted molar refractivity (Wildman–Crippen MR) is 126 cm³/mol. The monoisotopic (exact) mass is 436 g/mol. The number of fused-ring (bicyclic) bond motifs is 1. The Balaban J connectivity index is 1.66. The van der Waals surface area contributed by atoms with E-state index < -0.39 is 0 Å². The number of hydrogen-bond donors (Lipinski definition) is 1. The van der Waals surface area contributed by atoms with Crippen molar-refractivity contribution in [2.24, 2.45) is 0 Å². The predicted octanol–water partition coefficient (Wildman–Crippen LogP) is 5.50. The number of benzene rings is 2. The van der Waals surface area contributed by atoms with Crippen LogP contribution >= 0.6 is 11.3 Å². The molecule has 0 spiro atoms. The Labute approximate surface area is 187 Å². The number of amides is 2. The molecular formula is C25H28N2O3S. The van der Waals surface area contributed by atoms with E-state index in [2.05, 4.69) is 17.4 Å². The molecule has 6 heteroatoms. The van der Waals surface area contributed by atoms with Crippen molar-refractivity contribution < 1.29 is 14.3 Å². The zero-order valence-corrected chi connectivity index (χ0v) is 18.8. The van der Waals surface area contributed by atoms with E-state index in [1.165, 1.54) is 11.3 Å². The summed E-state index contributed by atoms with van der Waals surface area (Å²) in [6.07, 6.45) is 4.99. The number of ether oxygens (including phenoxy) is 1. The van der Waals surface area contributed by atoms with Gasteiger partial charge in [-0.1, -0.05) is 31.0 Å². The van der Waals surface area contributed by atoms with Crippen molar-refractivity contribution in [3.63, 3.8) is 0 Å². The Kier molecular flexibility index (Phi) is 6.56. The standard InChI is InChI=1S/C25H28N2O3S/c1-17(28)27-15-7-3-4-8-19(27)16-22-21-9-5-6-10-23(21)31-24(22)25(29)26-18-11-13-20(30-2)14-12-18/h5-6,9-14,19H,3-4,7-8,15-16H2,1-2H3,(H,26,29). The fraction of sp³-hybridized carbons (Fsp3) is 0.360. The number of anilines is 1. The van der Waals surface area contributed by atoms with Crippen molar-refractivity contribution in [1.29, 1.82) is 0 Å². The third-order valence-corrected chi connectivity index (χ3v) is 7.19. The number of likely N-dealkylation sites (tertiary alicyclic amines) is 1. The van der Waals surface area contributed by atoms with Gasteiger partial charge in [-0.3, -0.25) is 9.59 Å². The van der Waals surface area contributed by atoms with Crippen molar-refractivity contribution >= 4 is 38.9 Å². The van der Waals surface area contributed by atoms with Gasteiger partial charge in [-0.15, -0.1) is 11.3 Å². The molecule has 1 aromatic heterocycles. The minimum absolute atomic E-state index is 0.107. The normalized spacial score (nSPS) is 16.7.